The zero-order valence-electron chi connectivity index (χ0n) is 11.8. The number of methoxy groups -OCH3 is 1. The van der Waals surface area contributed by atoms with Gasteiger partial charge >= 0.3 is 0 Å². The van der Waals surface area contributed by atoms with Crippen molar-refractivity contribution >= 4 is 15.9 Å². The molecule has 0 unspecified atom stereocenters. The molecule has 0 radical (unpaired) electrons. The van der Waals surface area contributed by atoms with Crippen molar-refractivity contribution in [3.63, 3.8) is 0 Å². The summed E-state index contributed by atoms with van der Waals surface area (Å²) in [7, 11) is 1.63. The molecule has 1 aromatic heterocycles. The van der Waals surface area contributed by atoms with Crippen LogP contribution in [0.5, 0.6) is 11.5 Å². The van der Waals surface area contributed by atoms with Crippen LogP contribution in [0.3, 0.4) is 0 Å². The van der Waals surface area contributed by atoms with Crippen LogP contribution in [0.4, 0.5) is 0 Å². The maximum absolute atomic E-state index is 5.72. The minimum atomic E-state index is 0.349. The largest absolute Gasteiger partial charge is 0.497 e. The average Bonchev–Trinajstić information content (AvgIpc) is 3.22. The lowest BCUT2D eigenvalue weighted by Gasteiger charge is -2.07. The smallest absolute Gasteiger partial charge is 0.174 e. The van der Waals surface area contributed by atoms with Gasteiger partial charge < -0.3 is 19.3 Å². The van der Waals surface area contributed by atoms with E-state index in [1.807, 2.05) is 24.3 Å². The van der Waals surface area contributed by atoms with Gasteiger partial charge in [0, 0.05) is 18.7 Å². The number of rotatable bonds is 7. The number of nitrogens with one attached hydrogen (secondary N) is 1. The standard InChI is InChI=1S/C15H17BrN2O3/c1-19-12-4-5-15(14(16)7-12)20-9-13-6-11(18-21-13)8-17-10-2-3-10/h4-7,10,17H,2-3,8-9H2,1H3. The van der Waals surface area contributed by atoms with Crippen molar-refractivity contribution in [3.05, 3.63) is 40.2 Å². The third-order valence-corrected chi connectivity index (χ3v) is 3.89. The van der Waals surface area contributed by atoms with Crippen LogP contribution in [-0.2, 0) is 13.2 Å². The molecule has 3 rings (SSSR count). The zero-order chi connectivity index (χ0) is 14.7. The van der Waals surface area contributed by atoms with Gasteiger partial charge in [-0.25, -0.2) is 0 Å². The Morgan fingerprint density at radius 3 is 2.95 bits per heavy atom. The van der Waals surface area contributed by atoms with Gasteiger partial charge in [0.25, 0.3) is 0 Å². The molecule has 5 nitrogen and oxygen atoms in total. The summed E-state index contributed by atoms with van der Waals surface area (Å²) in [6.07, 6.45) is 2.53. The van der Waals surface area contributed by atoms with Gasteiger partial charge in [0.1, 0.15) is 18.1 Å². The lowest BCUT2D eigenvalue weighted by molar-refractivity contribution is 0.247. The van der Waals surface area contributed by atoms with Gasteiger partial charge in [-0.1, -0.05) is 5.16 Å². The second kappa shape index (κ2) is 6.49. The third-order valence-electron chi connectivity index (χ3n) is 3.27. The van der Waals surface area contributed by atoms with Crippen LogP contribution in [0.2, 0.25) is 0 Å². The highest BCUT2D eigenvalue weighted by atomic mass is 79.9. The molecule has 0 aliphatic heterocycles. The highest BCUT2D eigenvalue weighted by molar-refractivity contribution is 9.10. The Morgan fingerprint density at radius 2 is 2.24 bits per heavy atom. The minimum absolute atomic E-state index is 0.349. The van der Waals surface area contributed by atoms with Gasteiger partial charge in [-0.15, -0.1) is 0 Å². The predicted molar refractivity (Wildman–Crippen MR) is 81.4 cm³/mol. The third kappa shape index (κ3) is 3.98. The predicted octanol–water partition coefficient (Wildman–Crippen LogP) is 3.28. The first-order chi connectivity index (χ1) is 10.2. The van der Waals surface area contributed by atoms with Crippen molar-refractivity contribution < 1.29 is 14.0 Å². The van der Waals surface area contributed by atoms with Gasteiger partial charge in [-0.2, -0.15) is 0 Å². The number of benzene rings is 1. The Bertz CT molecular complexity index is 611. The Balaban J connectivity index is 1.54. The van der Waals surface area contributed by atoms with Crippen LogP contribution in [0.1, 0.15) is 24.3 Å². The first-order valence-electron chi connectivity index (χ1n) is 6.89. The monoisotopic (exact) mass is 352 g/mol. The molecule has 1 aliphatic rings. The summed E-state index contributed by atoms with van der Waals surface area (Å²) in [6.45, 7) is 1.10. The first-order valence-corrected chi connectivity index (χ1v) is 7.68. The van der Waals surface area contributed by atoms with E-state index in [2.05, 4.69) is 26.4 Å². The van der Waals surface area contributed by atoms with Crippen LogP contribution < -0.4 is 14.8 Å². The van der Waals surface area contributed by atoms with Crippen LogP contribution >= 0.6 is 15.9 Å². The van der Waals surface area contributed by atoms with E-state index in [-0.39, 0.29) is 0 Å². The number of hydrogen-bond donors (Lipinski definition) is 1. The molecule has 0 saturated heterocycles. The SMILES string of the molecule is COc1ccc(OCc2cc(CNC3CC3)no2)c(Br)c1. The van der Waals surface area contributed by atoms with Crippen LogP contribution in [0.15, 0.2) is 33.3 Å². The van der Waals surface area contributed by atoms with Crippen molar-refractivity contribution in [3.8, 4) is 11.5 Å². The molecule has 1 aliphatic carbocycles. The molecule has 112 valence electrons. The topological polar surface area (TPSA) is 56.5 Å². The fourth-order valence-corrected chi connectivity index (χ4v) is 2.39. The van der Waals surface area contributed by atoms with Gasteiger partial charge in [0.15, 0.2) is 5.76 Å². The van der Waals surface area contributed by atoms with E-state index in [0.29, 0.717) is 18.4 Å². The highest BCUT2D eigenvalue weighted by Gasteiger charge is 2.20. The lowest BCUT2D eigenvalue weighted by Crippen LogP contribution is -2.15. The molecule has 1 aromatic carbocycles. The highest BCUT2D eigenvalue weighted by Crippen LogP contribution is 2.29. The fourth-order valence-electron chi connectivity index (χ4n) is 1.92. The number of ether oxygens (including phenoxy) is 2. The quantitative estimate of drug-likeness (QED) is 0.828. The molecule has 0 bridgehead atoms. The summed E-state index contributed by atoms with van der Waals surface area (Å²) in [6, 6.07) is 8.16. The fraction of sp³-hybridized carbons (Fsp3) is 0.400. The molecule has 1 saturated carbocycles. The zero-order valence-corrected chi connectivity index (χ0v) is 13.4. The second-order valence-electron chi connectivity index (χ2n) is 5.02. The van der Waals surface area contributed by atoms with Gasteiger partial charge in [-0.05, 0) is 47.0 Å². The van der Waals surface area contributed by atoms with Crippen molar-refractivity contribution in [2.75, 3.05) is 7.11 Å². The number of hydrogen-bond acceptors (Lipinski definition) is 5. The van der Waals surface area contributed by atoms with Gasteiger partial charge in [0.2, 0.25) is 0 Å². The molecular weight excluding hydrogens is 336 g/mol. The molecule has 0 amide bonds. The van der Waals surface area contributed by atoms with E-state index in [0.717, 1.165) is 28.2 Å². The molecule has 0 spiro atoms. The maximum Gasteiger partial charge on any atom is 0.174 e. The van der Waals surface area contributed by atoms with E-state index in [1.165, 1.54) is 12.8 Å². The molecule has 2 aromatic rings. The first kappa shape index (κ1) is 14.4. The van der Waals surface area contributed by atoms with Crippen molar-refractivity contribution in [2.45, 2.75) is 32.0 Å². The summed E-state index contributed by atoms with van der Waals surface area (Å²) in [5, 5.41) is 7.43. The van der Waals surface area contributed by atoms with E-state index in [1.54, 1.807) is 7.11 Å². The van der Waals surface area contributed by atoms with Crippen LogP contribution in [0, 0.1) is 0 Å². The Labute approximate surface area is 131 Å². The summed E-state index contributed by atoms with van der Waals surface area (Å²) >= 11 is 3.45. The molecule has 1 N–H and O–H groups in total. The molecule has 21 heavy (non-hydrogen) atoms. The van der Waals surface area contributed by atoms with Crippen LogP contribution in [0.25, 0.3) is 0 Å². The van der Waals surface area contributed by atoms with Crippen molar-refractivity contribution in [1.29, 1.82) is 0 Å². The van der Waals surface area contributed by atoms with Gasteiger partial charge in [-0.3, -0.25) is 0 Å². The maximum atomic E-state index is 5.72. The number of halogens is 1. The van der Waals surface area contributed by atoms with E-state index in [4.69, 9.17) is 14.0 Å². The van der Waals surface area contributed by atoms with Gasteiger partial charge in [0.05, 0.1) is 17.3 Å². The minimum Gasteiger partial charge on any atom is -0.497 e. The van der Waals surface area contributed by atoms with Crippen molar-refractivity contribution in [2.24, 2.45) is 0 Å². The van der Waals surface area contributed by atoms with Crippen molar-refractivity contribution in [1.82, 2.24) is 10.5 Å². The number of aromatic nitrogens is 1. The molecular formula is C15H17BrN2O3. The summed E-state index contributed by atoms with van der Waals surface area (Å²) in [4.78, 5) is 0. The molecule has 6 heteroatoms. The summed E-state index contributed by atoms with van der Waals surface area (Å²) in [5.74, 6) is 2.23. The Kier molecular flexibility index (Phi) is 4.45. The lowest BCUT2D eigenvalue weighted by atomic mass is 10.3. The number of nitrogens with zero attached hydrogens (tertiary/aromatic N) is 1. The van der Waals surface area contributed by atoms with E-state index >= 15 is 0 Å². The van der Waals surface area contributed by atoms with Crippen LogP contribution in [-0.4, -0.2) is 18.3 Å². The average molecular weight is 353 g/mol. The Morgan fingerprint density at radius 1 is 1.38 bits per heavy atom. The molecule has 0 atom stereocenters. The molecule has 1 fully saturated rings. The second-order valence-corrected chi connectivity index (χ2v) is 5.88. The normalized spacial score (nSPS) is 14.2. The van der Waals surface area contributed by atoms with E-state index in [9.17, 15) is 0 Å². The summed E-state index contributed by atoms with van der Waals surface area (Å²) < 4.78 is 17.0. The summed E-state index contributed by atoms with van der Waals surface area (Å²) in [5.41, 5.74) is 0.911. The van der Waals surface area contributed by atoms with E-state index < -0.39 is 0 Å². The Hall–Kier alpha value is -1.53. The molecule has 1 heterocycles.